The summed E-state index contributed by atoms with van der Waals surface area (Å²) in [5, 5.41) is 4.14. The zero-order valence-corrected chi connectivity index (χ0v) is 16.7. The van der Waals surface area contributed by atoms with Gasteiger partial charge >= 0.3 is 0 Å². The van der Waals surface area contributed by atoms with Gasteiger partial charge < -0.3 is 5.32 Å². The molecule has 0 bridgehead atoms. The Morgan fingerprint density at radius 1 is 1.00 bits per heavy atom. The Kier molecular flexibility index (Phi) is 4.97. The molecule has 0 saturated heterocycles. The number of benzene rings is 2. The van der Waals surface area contributed by atoms with Crippen LogP contribution in [0.1, 0.15) is 5.56 Å². The van der Waals surface area contributed by atoms with Gasteiger partial charge in [-0.25, -0.2) is 13.4 Å². The van der Waals surface area contributed by atoms with Gasteiger partial charge in [-0.05, 0) is 53.1 Å². The second-order valence-electron chi connectivity index (χ2n) is 6.37. The lowest BCUT2D eigenvalue weighted by atomic mass is 10.1. The number of fused-ring (bicyclic) bond motifs is 1. The van der Waals surface area contributed by atoms with Crippen LogP contribution in [0, 0.1) is 0 Å². The topological polar surface area (TPSA) is 84.0 Å². The second kappa shape index (κ2) is 7.57. The molecule has 2 aromatic carbocycles. The second-order valence-corrected chi connectivity index (χ2v) is 9.14. The van der Waals surface area contributed by atoms with Gasteiger partial charge in [0.05, 0.1) is 16.5 Å². The highest BCUT2D eigenvalue weighted by atomic mass is 32.2. The molecule has 0 spiro atoms. The Morgan fingerprint density at radius 3 is 2.61 bits per heavy atom. The number of nitrogens with one attached hydrogen (secondary N) is 2. The van der Waals surface area contributed by atoms with E-state index in [4.69, 9.17) is 0 Å². The molecule has 0 aliphatic heterocycles. The average Bonchev–Trinajstić information content (AvgIpc) is 3.08. The Balaban J connectivity index is 1.50. The molecule has 8 heteroatoms. The predicted molar refractivity (Wildman–Crippen MR) is 115 cm³/mol. The fraction of sp³-hybridized carbons (Fsp3) is 0.100. The van der Waals surface area contributed by atoms with Crippen LogP contribution in [0.15, 0.2) is 67.0 Å². The first-order valence-electron chi connectivity index (χ1n) is 8.58. The molecule has 2 heterocycles. The van der Waals surface area contributed by atoms with E-state index in [-0.39, 0.29) is 0 Å². The molecule has 4 rings (SSSR count). The molecular weight excluding hydrogens is 392 g/mol. The number of hydrogen-bond acceptors (Lipinski definition) is 6. The zero-order chi connectivity index (χ0) is 19.6. The average molecular weight is 411 g/mol. The summed E-state index contributed by atoms with van der Waals surface area (Å²) in [7, 11) is -3.29. The zero-order valence-electron chi connectivity index (χ0n) is 15.1. The molecule has 2 aromatic heterocycles. The fourth-order valence-corrected chi connectivity index (χ4v) is 4.32. The van der Waals surface area contributed by atoms with E-state index in [0.29, 0.717) is 12.2 Å². The van der Waals surface area contributed by atoms with Gasteiger partial charge in [-0.2, -0.15) is 0 Å². The van der Waals surface area contributed by atoms with Gasteiger partial charge in [0.2, 0.25) is 10.0 Å². The molecule has 0 saturated carbocycles. The van der Waals surface area contributed by atoms with Crippen LogP contribution >= 0.6 is 11.3 Å². The molecule has 0 radical (unpaired) electrons. The summed E-state index contributed by atoms with van der Waals surface area (Å²) in [5.41, 5.74) is 4.70. The number of rotatable bonds is 6. The van der Waals surface area contributed by atoms with Crippen molar-refractivity contribution in [1.82, 2.24) is 9.97 Å². The number of sulfonamides is 1. The largest absolute Gasteiger partial charge is 0.357 e. The first-order valence-corrected chi connectivity index (χ1v) is 11.3. The van der Waals surface area contributed by atoms with Crippen molar-refractivity contribution in [2.45, 2.75) is 6.54 Å². The molecule has 2 N–H and O–H groups in total. The normalized spacial score (nSPS) is 11.5. The van der Waals surface area contributed by atoms with E-state index in [1.807, 2.05) is 36.4 Å². The van der Waals surface area contributed by atoms with Gasteiger partial charge in [0.15, 0.2) is 5.13 Å². The van der Waals surface area contributed by atoms with Crippen molar-refractivity contribution < 1.29 is 8.42 Å². The molecule has 4 aromatic rings. The van der Waals surface area contributed by atoms with E-state index in [1.54, 1.807) is 29.8 Å². The molecule has 0 aliphatic rings. The number of nitrogens with zero attached hydrogens (tertiary/aromatic N) is 2. The molecular formula is C20H18N4O2S2. The Hall–Kier alpha value is -2.97. The lowest BCUT2D eigenvalue weighted by Gasteiger charge is -2.07. The minimum Gasteiger partial charge on any atom is -0.357 e. The van der Waals surface area contributed by atoms with Crippen LogP contribution in [-0.2, 0) is 16.6 Å². The van der Waals surface area contributed by atoms with Gasteiger partial charge in [0.25, 0.3) is 0 Å². The number of aromatic nitrogens is 2. The highest BCUT2D eigenvalue weighted by molar-refractivity contribution is 7.92. The summed E-state index contributed by atoms with van der Waals surface area (Å²) in [5.74, 6) is 0. The Bertz CT molecular complexity index is 1220. The molecule has 6 nitrogen and oxygen atoms in total. The summed E-state index contributed by atoms with van der Waals surface area (Å²) in [6.45, 7) is 0.552. The van der Waals surface area contributed by atoms with Crippen LogP contribution in [0.25, 0.3) is 21.3 Å². The maximum atomic E-state index is 11.4. The molecule has 0 fully saturated rings. The van der Waals surface area contributed by atoms with Gasteiger partial charge in [-0.15, -0.1) is 0 Å². The van der Waals surface area contributed by atoms with Crippen LogP contribution < -0.4 is 10.0 Å². The van der Waals surface area contributed by atoms with Crippen LogP contribution in [0.4, 0.5) is 10.8 Å². The van der Waals surface area contributed by atoms with Crippen molar-refractivity contribution in [3.8, 4) is 11.1 Å². The first kappa shape index (κ1) is 18.4. The van der Waals surface area contributed by atoms with Crippen LogP contribution in [0.5, 0.6) is 0 Å². The monoisotopic (exact) mass is 410 g/mol. The molecule has 142 valence electrons. The van der Waals surface area contributed by atoms with Gasteiger partial charge in [0.1, 0.15) is 0 Å². The van der Waals surface area contributed by atoms with Crippen molar-refractivity contribution >= 4 is 42.4 Å². The van der Waals surface area contributed by atoms with Crippen LogP contribution in [0.2, 0.25) is 0 Å². The van der Waals surface area contributed by atoms with Crippen molar-refractivity contribution in [2.75, 3.05) is 16.3 Å². The first-order chi connectivity index (χ1) is 13.5. The van der Waals surface area contributed by atoms with E-state index in [1.165, 1.54) is 0 Å². The van der Waals surface area contributed by atoms with E-state index < -0.39 is 10.0 Å². The number of pyridine rings is 1. The lowest BCUT2D eigenvalue weighted by Crippen LogP contribution is -2.10. The van der Waals surface area contributed by atoms with Gasteiger partial charge in [0, 0.05) is 24.6 Å². The molecule has 0 amide bonds. The van der Waals surface area contributed by atoms with Crippen LogP contribution in [0.3, 0.4) is 0 Å². The number of thiazole rings is 1. The van der Waals surface area contributed by atoms with Crippen molar-refractivity contribution in [1.29, 1.82) is 0 Å². The maximum Gasteiger partial charge on any atom is 0.229 e. The summed E-state index contributed by atoms with van der Waals surface area (Å²) < 4.78 is 26.4. The number of hydrogen-bond donors (Lipinski definition) is 2. The number of anilines is 2. The van der Waals surface area contributed by atoms with Gasteiger partial charge in [-0.3, -0.25) is 9.71 Å². The minimum atomic E-state index is -3.29. The smallest absolute Gasteiger partial charge is 0.229 e. The molecule has 0 atom stereocenters. The Morgan fingerprint density at radius 2 is 1.82 bits per heavy atom. The van der Waals surface area contributed by atoms with E-state index in [0.717, 1.165) is 38.3 Å². The third-order valence-electron chi connectivity index (χ3n) is 4.08. The summed E-state index contributed by atoms with van der Waals surface area (Å²) in [6, 6.07) is 17.5. The van der Waals surface area contributed by atoms with E-state index in [2.05, 4.69) is 32.1 Å². The standard InChI is InChI=1S/C20H18N4O2S2/c1-28(25,26)24-17-4-2-3-14(11-17)13-22-20-23-18-6-5-16(12-19(18)27-20)15-7-9-21-10-8-15/h2-12,24H,13H2,1H3,(H,22,23). The third-order valence-corrected chi connectivity index (χ3v) is 5.66. The maximum absolute atomic E-state index is 11.4. The molecule has 0 unspecified atom stereocenters. The highest BCUT2D eigenvalue weighted by Crippen LogP contribution is 2.30. The SMILES string of the molecule is CS(=O)(=O)Nc1cccc(CNc2nc3ccc(-c4ccncc4)cc3s2)c1. The summed E-state index contributed by atoms with van der Waals surface area (Å²) in [4.78, 5) is 8.69. The highest BCUT2D eigenvalue weighted by Gasteiger charge is 2.07. The predicted octanol–water partition coefficient (Wildman–Crippen LogP) is 4.34. The van der Waals surface area contributed by atoms with Crippen LogP contribution in [-0.4, -0.2) is 24.6 Å². The summed E-state index contributed by atoms with van der Waals surface area (Å²) in [6.07, 6.45) is 4.71. The summed E-state index contributed by atoms with van der Waals surface area (Å²) >= 11 is 1.59. The molecule has 0 aliphatic carbocycles. The van der Waals surface area contributed by atoms with E-state index >= 15 is 0 Å². The lowest BCUT2D eigenvalue weighted by molar-refractivity contribution is 0.607. The minimum absolute atomic E-state index is 0.549. The van der Waals surface area contributed by atoms with E-state index in [9.17, 15) is 8.42 Å². The molecule has 28 heavy (non-hydrogen) atoms. The Labute approximate surface area is 167 Å². The van der Waals surface area contributed by atoms with Gasteiger partial charge in [-0.1, -0.05) is 29.5 Å². The van der Waals surface area contributed by atoms with Crippen molar-refractivity contribution in [2.24, 2.45) is 0 Å². The van der Waals surface area contributed by atoms with Crippen molar-refractivity contribution in [3.05, 3.63) is 72.6 Å². The fourth-order valence-electron chi connectivity index (χ4n) is 2.86. The quantitative estimate of drug-likeness (QED) is 0.494. The van der Waals surface area contributed by atoms with Crippen molar-refractivity contribution in [3.63, 3.8) is 0 Å². The third kappa shape index (κ3) is 4.47.